The van der Waals surface area contributed by atoms with Crippen LogP contribution >= 0.6 is 0 Å². The van der Waals surface area contributed by atoms with Crippen molar-refractivity contribution in [1.82, 2.24) is 0 Å². The van der Waals surface area contributed by atoms with E-state index in [0.29, 0.717) is 18.8 Å². The third-order valence-corrected chi connectivity index (χ3v) is 9.49. The Kier molecular flexibility index (Phi) is 14.1. The Labute approximate surface area is 344 Å². The lowest BCUT2D eigenvalue weighted by Gasteiger charge is -2.44. The zero-order chi connectivity index (χ0) is 47.9. The van der Waals surface area contributed by atoms with E-state index in [1.165, 1.54) is 0 Å². The van der Waals surface area contributed by atoms with Crippen molar-refractivity contribution >= 4 is 34.0 Å². The number of halogens is 20. The molecule has 3 nitrogen and oxygen atoms in total. The van der Waals surface area contributed by atoms with Crippen LogP contribution in [0.15, 0.2) is 54.7 Å². The average Bonchev–Trinajstić information content (AvgIpc) is 3.28. The number of benzene rings is 5. The van der Waals surface area contributed by atoms with Crippen LogP contribution in [0.1, 0.15) is 29.4 Å². The summed E-state index contributed by atoms with van der Waals surface area (Å²) in [7, 11) is 0. The molecule has 5 aromatic carbocycles. The lowest BCUT2D eigenvalue weighted by atomic mass is 9.12. The molecule has 0 bridgehead atoms. The molecular formula is C40H18BF20NO2. The molecule has 6 rings (SSSR count). The van der Waals surface area contributed by atoms with Gasteiger partial charge in [0.25, 0.3) is 5.69 Å². The van der Waals surface area contributed by atoms with E-state index in [1.54, 1.807) is 6.07 Å². The van der Waals surface area contributed by atoms with Crippen LogP contribution in [-0.2, 0) is 11.3 Å². The molecule has 1 aromatic heterocycles. The van der Waals surface area contributed by atoms with Gasteiger partial charge in [-0.1, -0.05) is 37.3 Å². The molecule has 0 unspecified atom stereocenters. The molecule has 0 atom stereocenters. The third kappa shape index (κ3) is 7.86. The molecule has 0 spiro atoms. The summed E-state index contributed by atoms with van der Waals surface area (Å²) in [5.41, 5.74) is -12.6. The topological polar surface area (TPSA) is 30.2 Å². The summed E-state index contributed by atoms with van der Waals surface area (Å²) in [5, 5.41) is 0. The number of hydrogen-bond donors (Lipinski definition) is 0. The molecule has 0 amide bonds. The van der Waals surface area contributed by atoms with Gasteiger partial charge in [0, 0.05) is 17.7 Å². The maximum absolute atomic E-state index is 15.4. The molecule has 64 heavy (non-hydrogen) atoms. The Morgan fingerprint density at radius 2 is 0.703 bits per heavy atom. The summed E-state index contributed by atoms with van der Waals surface area (Å²) >= 11 is 0. The number of carbonyl (C=O) groups is 1. The quantitative estimate of drug-likeness (QED) is 0.0364. The number of nitrogens with zero attached hydrogens (tertiary/aromatic N) is 1. The largest absolute Gasteiger partial charge is 0.458 e. The first-order valence-corrected chi connectivity index (χ1v) is 17.4. The number of ether oxygens (including phenoxy) is 1. The Morgan fingerprint density at radius 3 is 1.00 bits per heavy atom. The van der Waals surface area contributed by atoms with Crippen molar-refractivity contribution in [2.75, 3.05) is 6.61 Å². The predicted octanol–water partition coefficient (Wildman–Crippen LogP) is 8.44. The zero-order valence-electron chi connectivity index (χ0n) is 31.2. The maximum atomic E-state index is 15.4. The van der Waals surface area contributed by atoms with Crippen molar-refractivity contribution in [3.63, 3.8) is 0 Å². The van der Waals surface area contributed by atoms with Crippen LogP contribution in [0.4, 0.5) is 87.8 Å². The lowest BCUT2D eigenvalue weighted by Crippen LogP contribution is -2.81. The van der Waals surface area contributed by atoms with Gasteiger partial charge in [-0.05, 0) is 12.5 Å². The van der Waals surface area contributed by atoms with E-state index < -0.39 is 144 Å². The summed E-state index contributed by atoms with van der Waals surface area (Å²) in [6.45, 7) is 3.10. The Hall–Kier alpha value is -6.62. The van der Waals surface area contributed by atoms with Gasteiger partial charge in [-0.15, -0.1) is 21.9 Å². The average molecular weight is 935 g/mol. The molecule has 338 valence electrons. The SMILES string of the molecule is CCCOC(=O)c1cccc[n+]1Cc1ccccc1.Fc1c(F)c(F)c([B-](c2c(F)c(F)c(F)c(F)c2F)(c2c(F)c(F)c(F)c(F)c2F)c2c(F)c(F)c(F)c(F)c2F)c(F)c1F. The highest BCUT2D eigenvalue weighted by Crippen LogP contribution is 2.30. The minimum Gasteiger partial charge on any atom is -0.458 e. The second-order valence-electron chi connectivity index (χ2n) is 13.1. The van der Waals surface area contributed by atoms with E-state index >= 15 is 35.1 Å². The van der Waals surface area contributed by atoms with Crippen LogP contribution in [0.25, 0.3) is 0 Å². The molecule has 24 heteroatoms. The van der Waals surface area contributed by atoms with E-state index in [9.17, 15) is 57.5 Å². The van der Waals surface area contributed by atoms with Crippen LogP contribution in [0, 0.1) is 116 Å². The Morgan fingerprint density at radius 1 is 0.422 bits per heavy atom. The number of hydrogen-bond acceptors (Lipinski definition) is 2. The number of pyridine rings is 1. The molecule has 0 radical (unpaired) electrons. The summed E-state index contributed by atoms with van der Waals surface area (Å²) in [6.07, 6.45) is -4.49. The van der Waals surface area contributed by atoms with Crippen molar-refractivity contribution in [3.8, 4) is 0 Å². The Bertz CT molecular complexity index is 2440. The molecule has 0 saturated carbocycles. The van der Waals surface area contributed by atoms with Crippen molar-refractivity contribution < 1.29 is 102 Å². The molecule has 0 aliphatic carbocycles. The van der Waals surface area contributed by atoms with Crippen molar-refractivity contribution in [2.45, 2.75) is 19.9 Å². The minimum atomic E-state index is -7.22. The third-order valence-electron chi connectivity index (χ3n) is 9.49. The highest BCUT2D eigenvalue weighted by molar-refractivity contribution is 7.20. The van der Waals surface area contributed by atoms with E-state index in [0.717, 1.165) is 12.0 Å². The van der Waals surface area contributed by atoms with Crippen molar-refractivity contribution in [2.24, 2.45) is 0 Å². The molecule has 0 fully saturated rings. The number of rotatable bonds is 9. The highest BCUT2D eigenvalue weighted by atomic mass is 19.2. The van der Waals surface area contributed by atoms with Crippen LogP contribution < -0.4 is 26.4 Å². The molecule has 0 N–H and O–H groups in total. The van der Waals surface area contributed by atoms with Crippen molar-refractivity contribution in [1.29, 1.82) is 0 Å². The summed E-state index contributed by atoms with van der Waals surface area (Å²) in [6, 6.07) is 15.6. The minimum absolute atomic E-state index is 0.265. The summed E-state index contributed by atoms with van der Waals surface area (Å²) in [4.78, 5) is 12.0. The van der Waals surface area contributed by atoms with Gasteiger partial charge < -0.3 is 4.74 Å². The fourth-order valence-electron chi connectivity index (χ4n) is 6.72. The zero-order valence-corrected chi connectivity index (χ0v) is 31.2. The summed E-state index contributed by atoms with van der Waals surface area (Å²) in [5.74, 6) is -71.7. The van der Waals surface area contributed by atoms with E-state index in [-0.39, 0.29) is 5.97 Å². The van der Waals surface area contributed by atoms with Gasteiger partial charge in [-0.25, -0.2) is 92.6 Å². The first-order chi connectivity index (χ1) is 30.0. The molecule has 0 aliphatic rings. The van der Waals surface area contributed by atoms with Crippen LogP contribution in [0.5, 0.6) is 0 Å². The van der Waals surface area contributed by atoms with Gasteiger partial charge in [0.1, 0.15) is 52.7 Å². The van der Waals surface area contributed by atoms with E-state index in [1.807, 2.05) is 60.2 Å². The standard InChI is InChI=1S/C24BF20.C16H18NO2/c26-5-1(6(27)14(35)21(42)13(5)34)25(2-7(28)15(36)22(43)16(37)8(2)29,3-9(30)17(38)23(44)18(39)10(3)31)4-11(32)19(40)24(45)20(41)12(4)33;1-2-12-19-16(18)15-10-6-7-11-17(15)13-14-8-4-3-5-9-14/h;3-11H,2,12-13H2,1H3/q-1;+1. The summed E-state index contributed by atoms with van der Waals surface area (Å²) < 4.78 is 301. The second kappa shape index (κ2) is 18.6. The number of aromatic nitrogens is 1. The van der Waals surface area contributed by atoms with Gasteiger partial charge >= 0.3 is 5.97 Å². The number of esters is 1. The normalized spacial score (nSPS) is 11.5. The van der Waals surface area contributed by atoms with Gasteiger partial charge in [0.05, 0.1) is 6.61 Å². The Balaban J connectivity index is 0.000000337. The molecule has 0 aliphatic heterocycles. The fourth-order valence-corrected chi connectivity index (χ4v) is 6.72. The van der Waals surface area contributed by atoms with Gasteiger partial charge in [-0.3, -0.25) is 0 Å². The maximum Gasteiger partial charge on any atom is 0.403 e. The smallest absolute Gasteiger partial charge is 0.403 e. The van der Waals surface area contributed by atoms with Crippen LogP contribution in [-0.4, -0.2) is 18.7 Å². The fraction of sp³-hybridized carbons (Fsp3) is 0.100. The van der Waals surface area contributed by atoms with Crippen LogP contribution in [0.3, 0.4) is 0 Å². The van der Waals surface area contributed by atoms with Gasteiger partial charge in [0.2, 0.25) is 0 Å². The first kappa shape index (κ1) is 48.4. The molecule has 6 aromatic rings. The molecule has 0 saturated heterocycles. The lowest BCUT2D eigenvalue weighted by molar-refractivity contribution is -0.690. The van der Waals surface area contributed by atoms with Crippen LogP contribution in [0.2, 0.25) is 0 Å². The van der Waals surface area contributed by atoms with E-state index in [4.69, 9.17) is 4.74 Å². The highest BCUT2D eigenvalue weighted by Gasteiger charge is 2.52. The molecule has 1 heterocycles. The van der Waals surface area contributed by atoms with E-state index in [2.05, 4.69) is 0 Å². The second-order valence-corrected chi connectivity index (χ2v) is 13.1. The first-order valence-electron chi connectivity index (χ1n) is 17.4. The van der Waals surface area contributed by atoms with Crippen molar-refractivity contribution in [3.05, 3.63) is 182 Å². The predicted molar refractivity (Wildman–Crippen MR) is 182 cm³/mol. The number of carbonyl (C=O) groups excluding carboxylic acids is 1. The van der Waals surface area contributed by atoms with Gasteiger partial charge in [0.15, 0.2) is 82.5 Å². The molecular weight excluding hydrogens is 917 g/mol. The van der Waals surface area contributed by atoms with Gasteiger partial charge in [-0.2, -0.15) is 4.57 Å². The monoisotopic (exact) mass is 935 g/mol.